The molecule has 0 radical (unpaired) electrons. The maximum absolute atomic E-state index is 11.5. The zero-order valence-corrected chi connectivity index (χ0v) is 12.8. The first-order chi connectivity index (χ1) is 8.49. The molecular formula is C12H16BrN3OS. The third-order valence-electron chi connectivity index (χ3n) is 2.56. The van der Waals surface area contributed by atoms with Crippen LogP contribution in [0.2, 0.25) is 0 Å². The molecular weight excluding hydrogens is 314 g/mol. The van der Waals surface area contributed by atoms with Crippen molar-refractivity contribution in [2.75, 3.05) is 25.0 Å². The number of benzene rings is 1. The van der Waals surface area contributed by atoms with E-state index in [-0.39, 0.29) is 12.5 Å². The Kier molecular flexibility index (Phi) is 5.55. The molecule has 0 saturated heterocycles. The summed E-state index contributed by atoms with van der Waals surface area (Å²) in [5, 5.41) is 2.61. The van der Waals surface area contributed by atoms with Gasteiger partial charge in [-0.25, -0.2) is 0 Å². The molecule has 4 nitrogen and oxygen atoms in total. The van der Waals surface area contributed by atoms with Gasteiger partial charge in [-0.05, 0) is 25.1 Å². The van der Waals surface area contributed by atoms with Crippen LogP contribution in [0.1, 0.15) is 12.5 Å². The Hall–Kier alpha value is -1.14. The monoisotopic (exact) mass is 329 g/mol. The van der Waals surface area contributed by atoms with Crippen molar-refractivity contribution < 1.29 is 4.79 Å². The summed E-state index contributed by atoms with van der Waals surface area (Å²) in [6.07, 6.45) is 0. The molecule has 0 aromatic heterocycles. The maximum atomic E-state index is 11.5. The minimum absolute atomic E-state index is 0.0475. The molecule has 1 aromatic carbocycles. The molecule has 1 amide bonds. The van der Waals surface area contributed by atoms with Crippen molar-refractivity contribution in [2.45, 2.75) is 6.92 Å². The van der Waals surface area contributed by atoms with E-state index in [9.17, 15) is 4.79 Å². The largest absolute Gasteiger partial charge is 0.389 e. The second kappa shape index (κ2) is 6.70. The van der Waals surface area contributed by atoms with E-state index in [1.165, 1.54) is 0 Å². The van der Waals surface area contributed by atoms with Gasteiger partial charge in [0, 0.05) is 29.3 Å². The summed E-state index contributed by atoms with van der Waals surface area (Å²) in [5.74, 6) is -0.0475. The molecule has 1 aromatic rings. The maximum Gasteiger partial charge on any atom is 0.239 e. The second-order valence-corrected chi connectivity index (χ2v) is 5.07. The number of nitrogens with zero attached hydrogens (tertiary/aromatic N) is 1. The van der Waals surface area contributed by atoms with Gasteiger partial charge in [0.15, 0.2) is 0 Å². The van der Waals surface area contributed by atoms with Gasteiger partial charge in [0.2, 0.25) is 5.91 Å². The number of nitrogens with two attached hydrogens (primary N) is 1. The molecule has 0 unspecified atom stereocenters. The lowest BCUT2D eigenvalue weighted by Crippen LogP contribution is -2.36. The van der Waals surface area contributed by atoms with Crippen LogP contribution in [-0.4, -0.2) is 31.0 Å². The highest BCUT2D eigenvalue weighted by Crippen LogP contribution is 2.24. The Balaban J connectivity index is 3.12. The molecule has 3 N–H and O–H groups in total. The Morgan fingerprint density at radius 1 is 1.56 bits per heavy atom. The lowest BCUT2D eigenvalue weighted by Gasteiger charge is -2.24. The van der Waals surface area contributed by atoms with Gasteiger partial charge in [-0.1, -0.05) is 28.1 Å². The number of likely N-dealkylation sites (N-methyl/N-ethyl adjacent to an activating group) is 2. The van der Waals surface area contributed by atoms with Crippen LogP contribution in [0, 0.1) is 0 Å². The van der Waals surface area contributed by atoms with Crippen LogP contribution in [0.4, 0.5) is 5.69 Å². The van der Waals surface area contributed by atoms with Crippen LogP contribution in [0.3, 0.4) is 0 Å². The molecule has 0 heterocycles. The number of amides is 1. The standard InChI is InChI=1S/C12H16BrN3OS/c1-3-16(7-11(17)15-2)10-5-4-8(13)6-9(10)12(14)18/h4-6H,3,7H2,1-2H3,(H2,14,18)(H,15,17). The summed E-state index contributed by atoms with van der Waals surface area (Å²) < 4.78 is 0.907. The van der Waals surface area contributed by atoms with Gasteiger partial charge in [-0.15, -0.1) is 0 Å². The van der Waals surface area contributed by atoms with Crippen molar-refractivity contribution in [2.24, 2.45) is 5.73 Å². The van der Waals surface area contributed by atoms with Crippen LogP contribution >= 0.6 is 28.1 Å². The summed E-state index contributed by atoms with van der Waals surface area (Å²) >= 11 is 8.44. The highest BCUT2D eigenvalue weighted by molar-refractivity contribution is 9.10. The van der Waals surface area contributed by atoms with Crippen LogP contribution in [0.15, 0.2) is 22.7 Å². The molecule has 0 atom stereocenters. The van der Waals surface area contributed by atoms with E-state index in [0.717, 1.165) is 15.7 Å². The summed E-state index contributed by atoms with van der Waals surface area (Å²) in [7, 11) is 1.62. The van der Waals surface area contributed by atoms with Crippen LogP contribution in [-0.2, 0) is 4.79 Å². The van der Waals surface area contributed by atoms with Crippen molar-refractivity contribution >= 4 is 44.7 Å². The number of halogens is 1. The fraction of sp³-hybridized carbons (Fsp3) is 0.333. The average Bonchev–Trinajstić information content (AvgIpc) is 2.35. The van der Waals surface area contributed by atoms with Crippen molar-refractivity contribution in [1.82, 2.24) is 5.32 Å². The van der Waals surface area contributed by atoms with Crippen molar-refractivity contribution in [1.29, 1.82) is 0 Å². The van der Waals surface area contributed by atoms with Crippen molar-refractivity contribution in [3.05, 3.63) is 28.2 Å². The van der Waals surface area contributed by atoms with E-state index in [1.54, 1.807) is 7.05 Å². The predicted molar refractivity (Wildman–Crippen MR) is 82.0 cm³/mol. The van der Waals surface area contributed by atoms with Gasteiger partial charge < -0.3 is 16.0 Å². The van der Waals surface area contributed by atoms with Gasteiger partial charge >= 0.3 is 0 Å². The molecule has 18 heavy (non-hydrogen) atoms. The Bertz CT molecular complexity index is 465. The summed E-state index contributed by atoms with van der Waals surface area (Å²) in [5.41, 5.74) is 7.36. The molecule has 0 fully saturated rings. The quantitative estimate of drug-likeness (QED) is 0.806. The van der Waals surface area contributed by atoms with Crippen LogP contribution < -0.4 is 16.0 Å². The lowest BCUT2D eigenvalue weighted by atomic mass is 10.1. The first-order valence-electron chi connectivity index (χ1n) is 5.54. The molecule has 0 aliphatic carbocycles. The first-order valence-corrected chi connectivity index (χ1v) is 6.74. The second-order valence-electron chi connectivity index (χ2n) is 3.71. The van der Waals surface area contributed by atoms with Crippen molar-refractivity contribution in [3.8, 4) is 0 Å². The predicted octanol–water partition coefficient (Wildman–Crippen LogP) is 1.66. The zero-order chi connectivity index (χ0) is 13.7. The van der Waals surface area contributed by atoms with Gasteiger partial charge in [0.05, 0.1) is 6.54 Å². The summed E-state index contributed by atoms with van der Waals surface area (Å²) in [6, 6.07) is 5.68. The highest BCUT2D eigenvalue weighted by atomic mass is 79.9. The Morgan fingerprint density at radius 2 is 2.22 bits per heavy atom. The third-order valence-corrected chi connectivity index (χ3v) is 3.27. The zero-order valence-electron chi connectivity index (χ0n) is 10.4. The average molecular weight is 330 g/mol. The topological polar surface area (TPSA) is 58.4 Å². The SMILES string of the molecule is CCN(CC(=O)NC)c1ccc(Br)cc1C(N)=S. The first kappa shape index (κ1) is 14.9. The Labute approximate surface area is 121 Å². The fourth-order valence-corrected chi connectivity index (χ4v) is 2.13. The highest BCUT2D eigenvalue weighted by Gasteiger charge is 2.14. The van der Waals surface area contributed by atoms with Gasteiger partial charge in [0.1, 0.15) is 4.99 Å². The smallest absolute Gasteiger partial charge is 0.239 e. The number of anilines is 1. The molecule has 0 spiro atoms. The molecule has 0 bridgehead atoms. The van der Waals surface area contributed by atoms with Gasteiger partial charge in [-0.2, -0.15) is 0 Å². The minimum atomic E-state index is -0.0475. The van der Waals surface area contributed by atoms with E-state index in [1.807, 2.05) is 30.0 Å². The fourth-order valence-electron chi connectivity index (χ4n) is 1.60. The van der Waals surface area contributed by atoms with Crippen LogP contribution in [0.25, 0.3) is 0 Å². The number of rotatable bonds is 5. The van der Waals surface area contributed by atoms with Crippen molar-refractivity contribution in [3.63, 3.8) is 0 Å². The number of carbonyl (C=O) groups excluding carboxylic acids is 1. The van der Waals surface area contributed by atoms with E-state index < -0.39 is 0 Å². The third kappa shape index (κ3) is 3.68. The number of nitrogens with one attached hydrogen (secondary N) is 1. The van der Waals surface area contributed by atoms with Gasteiger partial charge in [0.25, 0.3) is 0 Å². The molecule has 0 saturated carbocycles. The van der Waals surface area contributed by atoms with E-state index in [4.69, 9.17) is 18.0 Å². The molecule has 98 valence electrons. The summed E-state index contributed by atoms with van der Waals surface area (Å²) in [4.78, 5) is 13.7. The number of hydrogen-bond acceptors (Lipinski definition) is 3. The van der Waals surface area contributed by atoms with Crippen LogP contribution in [0.5, 0.6) is 0 Å². The Morgan fingerprint density at radius 3 is 2.72 bits per heavy atom. The van der Waals surface area contributed by atoms with Gasteiger partial charge in [-0.3, -0.25) is 4.79 Å². The molecule has 0 aliphatic rings. The normalized spacial score (nSPS) is 9.94. The molecule has 0 aliphatic heterocycles. The van der Waals surface area contributed by atoms with E-state index in [2.05, 4.69) is 21.2 Å². The molecule has 6 heteroatoms. The molecule has 1 rings (SSSR count). The lowest BCUT2D eigenvalue weighted by molar-refractivity contribution is -0.119. The van der Waals surface area contributed by atoms with E-state index in [0.29, 0.717) is 11.5 Å². The number of thiocarbonyl (C=S) groups is 1. The number of hydrogen-bond donors (Lipinski definition) is 2. The van der Waals surface area contributed by atoms with E-state index >= 15 is 0 Å². The summed E-state index contributed by atoms with van der Waals surface area (Å²) in [6.45, 7) is 2.96. The number of carbonyl (C=O) groups is 1. The minimum Gasteiger partial charge on any atom is -0.389 e.